The number of benzene rings is 1. The third-order valence-electron chi connectivity index (χ3n) is 3.74. The molecular weight excluding hydrogens is 374 g/mol. The van der Waals surface area contributed by atoms with Gasteiger partial charge in [-0.2, -0.15) is 14.0 Å². The lowest BCUT2D eigenvalue weighted by atomic mass is 10.1. The smallest absolute Gasteiger partial charge is 0.418 e. The lowest BCUT2D eigenvalue weighted by Gasteiger charge is -2.40. The van der Waals surface area contributed by atoms with Crippen molar-refractivity contribution in [2.24, 2.45) is 0 Å². The van der Waals surface area contributed by atoms with Crippen molar-refractivity contribution in [3.05, 3.63) is 29.3 Å². The van der Waals surface area contributed by atoms with Crippen molar-refractivity contribution in [2.45, 2.75) is 0 Å². The van der Waals surface area contributed by atoms with Crippen molar-refractivity contribution in [3.63, 3.8) is 0 Å². The van der Waals surface area contributed by atoms with Crippen LogP contribution in [0, 0.1) is 0 Å². The zero-order valence-electron chi connectivity index (χ0n) is 15.4. The molecule has 1 aliphatic heterocycles. The Bertz CT molecular complexity index is 670. The Labute approximate surface area is 150 Å². The second kappa shape index (κ2) is 8.00. The Morgan fingerprint density at radius 2 is 1.27 bits per heavy atom. The summed E-state index contributed by atoms with van der Waals surface area (Å²) in [7, 11) is 3.93. The molecule has 0 unspecified atom stereocenters. The van der Waals surface area contributed by atoms with Gasteiger partial charge in [-0.1, -0.05) is 6.07 Å². The number of carbonyl (C=O) groups is 2. The lowest BCUT2D eigenvalue weighted by molar-refractivity contribution is 0.0880. The molecule has 1 aromatic rings. The molecule has 0 radical (unpaired) electrons. The van der Waals surface area contributed by atoms with Crippen molar-refractivity contribution in [1.82, 2.24) is 19.3 Å². The summed E-state index contributed by atoms with van der Waals surface area (Å²) in [6.07, 6.45) is 0. The molecule has 2 amide bonds. The maximum Gasteiger partial charge on any atom is 0.673 e. The maximum atomic E-state index is 12.2. The average molecular weight is 396 g/mol. The molecule has 0 spiro atoms. The first-order chi connectivity index (χ1) is 11.7. The zero-order valence-corrected chi connectivity index (χ0v) is 16.3. The van der Waals surface area contributed by atoms with E-state index >= 15 is 0 Å². The molecule has 0 saturated carbocycles. The Morgan fingerprint density at radius 1 is 0.846 bits per heavy atom. The van der Waals surface area contributed by atoms with Crippen LogP contribution >= 0.6 is 7.71 Å². The van der Waals surface area contributed by atoms with Crippen LogP contribution in [-0.4, -0.2) is 75.4 Å². The van der Waals surface area contributed by atoms with Gasteiger partial charge in [0.25, 0.3) is 19.5 Å². The van der Waals surface area contributed by atoms with Crippen molar-refractivity contribution in [2.75, 3.05) is 42.3 Å². The number of halogens is 4. The first-order valence-corrected chi connectivity index (χ1v) is 9.18. The topological polar surface area (TPSA) is 55.9 Å². The van der Waals surface area contributed by atoms with E-state index in [4.69, 9.17) is 0 Å². The Morgan fingerprint density at radius 3 is 1.65 bits per heavy atom. The second-order valence-corrected chi connectivity index (χ2v) is 10.1. The Balaban J connectivity index is 0.000000597. The van der Waals surface area contributed by atoms with Crippen LogP contribution < -0.4 is 10.6 Å². The number of rotatable bonds is 4. The number of hydrogen-bond acceptors (Lipinski definition) is 5. The molecule has 0 aliphatic carbocycles. The highest BCUT2D eigenvalue weighted by atomic mass is 31.2. The van der Waals surface area contributed by atoms with E-state index in [1.807, 2.05) is 54.4 Å². The SMILES string of the molecule is CN(C)[P+](c1cccc2c1C(=O)NC2=O)(N(C)C)N(C)C.F[B-](F)(F)F. The largest absolute Gasteiger partial charge is 0.673 e. The van der Waals surface area contributed by atoms with Gasteiger partial charge in [0.05, 0.1) is 11.1 Å². The number of amides is 2. The second-order valence-electron chi connectivity index (χ2n) is 6.09. The molecule has 1 aromatic carbocycles. The Kier molecular flexibility index (Phi) is 6.92. The number of carbonyl (C=O) groups excluding carboxylic acids is 2. The molecular formula is C14H22BF4N4O2P. The van der Waals surface area contributed by atoms with Crippen LogP contribution in [0.5, 0.6) is 0 Å². The van der Waals surface area contributed by atoms with Crippen molar-refractivity contribution in [1.29, 1.82) is 0 Å². The van der Waals surface area contributed by atoms with Crippen LogP contribution in [0.25, 0.3) is 0 Å². The molecule has 6 nitrogen and oxygen atoms in total. The molecule has 1 N–H and O–H groups in total. The van der Waals surface area contributed by atoms with Crippen LogP contribution in [0.3, 0.4) is 0 Å². The monoisotopic (exact) mass is 396 g/mol. The van der Waals surface area contributed by atoms with E-state index in [2.05, 4.69) is 19.3 Å². The standard InChI is InChI=1S/C14H21N4O2P.BF4/c1-16(2)21(17(3)4,18(5)6)11-9-7-8-10-12(11)14(20)15-13(10)19;2-1(3,4)5/h7-9H,1-6H3;/q;-1/p+1. The molecule has 0 atom stereocenters. The van der Waals surface area contributed by atoms with Gasteiger partial charge < -0.3 is 17.3 Å². The van der Waals surface area contributed by atoms with Gasteiger partial charge in [-0.25, -0.2) is 0 Å². The third-order valence-corrected chi connectivity index (χ3v) is 8.10. The van der Waals surface area contributed by atoms with E-state index in [9.17, 15) is 26.9 Å². The van der Waals surface area contributed by atoms with Crippen molar-refractivity contribution < 1.29 is 26.9 Å². The fourth-order valence-corrected chi connectivity index (χ4v) is 7.42. The maximum absolute atomic E-state index is 12.2. The van der Waals surface area contributed by atoms with Gasteiger partial charge in [0.15, 0.2) is 5.30 Å². The van der Waals surface area contributed by atoms with Gasteiger partial charge >= 0.3 is 7.25 Å². The van der Waals surface area contributed by atoms with Crippen LogP contribution in [0.4, 0.5) is 17.3 Å². The highest BCUT2D eigenvalue weighted by Crippen LogP contribution is 2.63. The minimum Gasteiger partial charge on any atom is -0.418 e. The van der Waals surface area contributed by atoms with E-state index in [0.29, 0.717) is 11.1 Å². The minimum atomic E-state index is -6.00. The number of nitrogens with zero attached hydrogens (tertiary/aromatic N) is 3. The predicted octanol–water partition coefficient (Wildman–Crippen LogP) is 1.94. The molecule has 0 aromatic heterocycles. The predicted molar refractivity (Wildman–Crippen MR) is 96.0 cm³/mol. The van der Waals surface area contributed by atoms with E-state index in [0.717, 1.165) is 5.30 Å². The summed E-state index contributed by atoms with van der Waals surface area (Å²) in [5.74, 6) is -0.619. The summed E-state index contributed by atoms with van der Waals surface area (Å²) >= 11 is 0. The average Bonchev–Trinajstić information content (AvgIpc) is 2.72. The summed E-state index contributed by atoms with van der Waals surface area (Å²) in [5.41, 5.74) is 0.972. The van der Waals surface area contributed by atoms with Gasteiger partial charge in [-0.05, 0) is 12.1 Å². The number of fused-ring (bicyclic) bond motifs is 1. The fraction of sp³-hybridized carbons (Fsp3) is 0.429. The number of imide groups is 1. The molecule has 0 saturated heterocycles. The summed E-state index contributed by atoms with van der Waals surface area (Å²) in [4.78, 5) is 24.1. The van der Waals surface area contributed by atoms with Crippen molar-refractivity contribution >= 4 is 32.1 Å². The van der Waals surface area contributed by atoms with Gasteiger partial charge in [0.1, 0.15) is 0 Å². The highest BCUT2D eigenvalue weighted by Gasteiger charge is 2.53. The van der Waals surface area contributed by atoms with Crippen LogP contribution in [0.1, 0.15) is 20.7 Å². The molecule has 1 heterocycles. The van der Waals surface area contributed by atoms with Gasteiger partial charge in [0.2, 0.25) is 0 Å². The summed E-state index contributed by atoms with van der Waals surface area (Å²) in [5, 5.41) is 3.30. The van der Waals surface area contributed by atoms with E-state index in [1.54, 1.807) is 6.07 Å². The molecule has 26 heavy (non-hydrogen) atoms. The third kappa shape index (κ3) is 4.40. The normalized spacial score (nSPS) is 14.5. The number of nitrogens with one attached hydrogen (secondary N) is 1. The number of hydrogen-bond donors (Lipinski definition) is 1. The Hall–Kier alpha value is -1.55. The lowest BCUT2D eigenvalue weighted by Crippen LogP contribution is -2.44. The minimum absolute atomic E-state index is 0.305. The molecule has 1 aliphatic rings. The van der Waals surface area contributed by atoms with E-state index < -0.39 is 15.0 Å². The molecule has 2 rings (SSSR count). The molecule has 0 bridgehead atoms. The van der Waals surface area contributed by atoms with E-state index in [-0.39, 0.29) is 11.8 Å². The summed E-state index contributed by atoms with van der Waals surface area (Å²) < 4.78 is 45.4. The van der Waals surface area contributed by atoms with Crippen molar-refractivity contribution in [3.8, 4) is 0 Å². The van der Waals surface area contributed by atoms with Gasteiger partial charge in [-0.3, -0.25) is 14.9 Å². The summed E-state index contributed by atoms with van der Waals surface area (Å²) in [6.45, 7) is 0. The highest BCUT2D eigenvalue weighted by molar-refractivity contribution is 7.76. The fourth-order valence-electron chi connectivity index (χ4n) is 3.17. The van der Waals surface area contributed by atoms with Crippen LogP contribution in [0.2, 0.25) is 0 Å². The van der Waals surface area contributed by atoms with Gasteiger partial charge in [0, 0.05) is 42.3 Å². The first kappa shape index (κ1) is 22.5. The van der Waals surface area contributed by atoms with Crippen LogP contribution in [0.15, 0.2) is 18.2 Å². The molecule has 12 heteroatoms. The quantitative estimate of drug-likeness (QED) is 0.365. The van der Waals surface area contributed by atoms with Crippen LogP contribution in [-0.2, 0) is 0 Å². The van der Waals surface area contributed by atoms with E-state index in [1.165, 1.54) is 0 Å². The first-order valence-electron chi connectivity index (χ1n) is 7.53. The summed E-state index contributed by atoms with van der Waals surface area (Å²) in [6, 6.07) is 5.50. The zero-order chi connectivity index (χ0) is 20.4. The molecule has 0 fully saturated rings. The van der Waals surface area contributed by atoms with Gasteiger partial charge in [-0.15, -0.1) is 0 Å². The molecule has 146 valence electrons.